The summed E-state index contributed by atoms with van der Waals surface area (Å²) in [6, 6.07) is 5.47. The highest BCUT2D eigenvalue weighted by Crippen LogP contribution is 2.38. The SMILES string of the molecule is COc1cc(Br)cc(C)c1NC1CCCC1C1CCCN1. The predicted molar refractivity (Wildman–Crippen MR) is 91.2 cm³/mol. The molecule has 21 heavy (non-hydrogen) atoms. The summed E-state index contributed by atoms with van der Waals surface area (Å²) in [6.07, 6.45) is 6.60. The molecule has 2 aliphatic rings. The lowest BCUT2D eigenvalue weighted by molar-refractivity contribution is 0.373. The van der Waals surface area contributed by atoms with Gasteiger partial charge in [0.05, 0.1) is 12.8 Å². The fraction of sp³-hybridized carbons (Fsp3) is 0.647. The van der Waals surface area contributed by atoms with Crippen LogP contribution in [0.25, 0.3) is 0 Å². The first-order valence-electron chi connectivity index (χ1n) is 8.03. The van der Waals surface area contributed by atoms with Gasteiger partial charge in [-0.3, -0.25) is 0 Å². The van der Waals surface area contributed by atoms with Gasteiger partial charge in [0, 0.05) is 16.6 Å². The van der Waals surface area contributed by atoms with Gasteiger partial charge in [0.2, 0.25) is 0 Å². The molecule has 0 radical (unpaired) electrons. The van der Waals surface area contributed by atoms with E-state index in [1.54, 1.807) is 7.11 Å². The molecule has 1 saturated carbocycles. The van der Waals surface area contributed by atoms with Crippen molar-refractivity contribution < 1.29 is 4.74 Å². The van der Waals surface area contributed by atoms with Crippen molar-refractivity contribution in [2.75, 3.05) is 19.0 Å². The normalized spacial score (nSPS) is 28.8. The zero-order valence-corrected chi connectivity index (χ0v) is 14.5. The second-order valence-electron chi connectivity index (χ2n) is 6.35. The molecule has 2 fully saturated rings. The number of hydrogen-bond acceptors (Lipinski definition) is 3. The monoisotopic (exact) mass is 352 g/mol. The number of nitrogens with one attached hydrogen (secondary N) is 2. The molecule has 3 nitrogen and oxygen atoms in total. The Labute approximate surface area is 136 Å². The van der Waals surface area contributed by atoms with Crippen molar-refractivity contribution in [3.05, 3.63) is 22.2 Å². The number of hydrogen-bond donors (Lipinski definition) is 2. The van der Waals surface area contributed by atoms with E-state index in [9.17, 15) is 0 Å². The average Bonchev–Trinajstić information content (AvgIpc) is 3.11. The van der Waals surface area contributed by atoms with Crippen molar-refractivity contribution in [3.8, 4) is 5.75 Å². The molecule has 0 aromatic heterocycles. The fourth-order valence-electron chi connectivity index (χ4n) is 3.97. The molecule has 3 atom stereocenters. The molecule has 3 unspecified atom stereocenters. The van der Waals surface area contributed by atoms with E-state index in [1.165, 1.54) is 44.2 Å². The van der Waals surface area contributed by atoms with Crippen LogP contribution in [0.4, 0.5) is 5.69 Å². The second-order valence-corrected chi connectivity index (χ2v) is 7.26. The number of aryl methyl sites for hydroxylation is 1. The van der Waals surface area contributed by atoms with E-state index in [-0.39, 0.29) is 0 Å². The molecule has 3 rings (SSSR count). The summed E-state index contributed by atoms with van der Waals surface area (Å²) < 4.78 is 6.64. The summed E-state index contributed by atoms with van der Waals surface area (Å²) in [7, 11) is 1.75. The first kappa shape index (κ1) is 15.2. The molecule has 1 heterocycles. The minimum Gasteiger partial charge on any atom is -0.495 e. The molecular weight excluding hydrogens is 328 g/mol. The largest absolute Gasteiger partial charge is 0.495 e. The molecule has 0 spiro atoms. The van der Waals surface area contributed by atoms with E-state index in [0.717, 1.165) is 21.8 Å². The molecule has 1 aliphatic carbocycles. The molecule has 1 aliphatic heterocycles. The number of methoxy groups -OCH3 is 1. The highest BCUT2D eigenvalue weighted by atomic mass is 79.9. The summed E-state index contributed by atoms with van der Waals surface area (Å²) in [6.45, 7) is 3.34. The van der Waals surface area contributed by atoms with Crippen LogP contribution in [0, 0.1) is 12.8 Å². The van der Waals surface area contributed by atoms with E-state index in [4.69, 9.17) is 4.74 Å². The third-order valence-corrected chi connectivity index (χ3v) is 5.46. The minimum absolute atomic E-state index is 0.564. The van der Waals surface area contributed by atoms with Crippen LogP contribution in [0.3, 0.4) is 0 Å². The van der Waals surface area contributed by atoms with Gasteiger partial charge in [-0.05, 0) is 62.8 Å². The topological polar surface area (TPSA) is 33.3 Å². The molecule has 2 N–H and O–H groups in total. The Balaban J connectivity index is 1.79. The van der Waals surface area contributed by atoms with Crippen LogP contribution in [-0.2, 0) is 0 Å². The fourth-order valence-corrected chi connectivity index (χ4v) is 4.52. The third kappa shape index (κ3) is 3.21. The maximum atomic E-state index is 5.57. The smallest absolute Gasteiger partial charge is 0.143 e. The molecule has 1 aromatic carbocycles. The summed E-state index contributed by atoms with van der Waals surface area (Å²) in [4.78, 5) is 0. The van der Waals surface area contributed by atoms with Gasteiger partial charge in [-0.2, -0.15) is 0 Å². The number of anilines is 1. The first-order valence-corrected chi connectivity index (χ1v) is 8.82. The second kappa shape index (κ2) is 6.57. The molecule has 0 bridgehead atoms. The van der Waals surface area contributed by atoms with Crippen LogP contribution in [-0.4, -0.2) is 25.7 Å². The maximum absolute atomic E-state index is 5.57. The Bertz CT molecular complexity index is 500. The molecular formula is C17H25BrN2O. The summed E-state index contributed by atoms with van der Waals surface area (Å²) in [5.74, 6) is 1.69. The van der Waals surface area contributed by atoms with Gasteiger partial charge < -0.3 is 15.4 Å². The van der Waals surface area contributed by atoms with Crippen molar-refractivity contribution in [2.45, 2.75) is 51.1 Å². The Morgan fingerprint density at radius 2 is 2.10 bits per heavy atom. The Morgan fingerprint density at radius 1 is 1.24 bits per heavy atom. The third-order valence-electron chi connectivity index (χ3n) is 5.00. The van der Waals surface area contributed by atoms with Crippen LogP contribution >= 0.6 is 15.9 Å². The lowest BCUT2D eigenvalue weighted by atomic mass is 9.92. The molecule has 1 aromatic rings. The van der Waals surface area contributed by atoms with E-state index in [2.05, 4.69) is 39.6 Å². The van der Waals surface area contributed by atoms with Gasteiger partial charge in [0.15, 0.2) is 0 Å². The summed E-state index contributed by atoms with van der Waals surface area (Å²) in [5.41, 5.74) is 2.40. The van der Waals surface area contributed by atoms with Crippen LogP contribution in [0.1, 0.15) is 37.7 Å². The van der Waals surface area contributed by atoms with Gasteiger partial charge in [-0.15, -0.1) is 0 Å². The van der Waals surface area contributed by atoms with Gasteiger partial charge >= 0.3 is 0 Å². The Morgan fingerprint density at radius 3 is 2.81 bits per heavy atom. The number of rotatable bonds is 4. The van der Waals surface area contributed by atoms with E-state index in [1.807, 2.05) is 6.07 Å². The highest BCUT2D eigenvalue weighted by Gasteiger charge is 2.35. The lowest BCUT2D eigenvalue weighted by Gasteiger charge is -2.28. The van der Waals surface area contributed by atoms with Gasteiger partial charge in [-0.1, -0.05) is 22.4 Å². The molecule has 1 saturated heterocycles. The van der Waals surface area contributed by atoms with Crippen LogP contribution < -0.4 is 15.4 Å². The number of halogens is 1. The maximum Gasteiger partial charge on any atom is 0.143 e. The standard InChI is InChI=1S/C17H25BrN2O/c1-11-9-12(18)10-16(21-2)17(11)20-15-6-3-5-13(15)14-7-4-8-19-14/h9-10,13-15,19-20H,3-8H2,1-2H3. The van der Waals surface area contributed by atoms with Crippen LogP contribution in [0.2, 0.25) is 0 Å². The van der Waals surface area contributed by atoms with Crippen molar-refractivity contribution in [1.29, 1.82) is 0 Å². The zero-order chi connectivity index (χ0) is 14.8. The number of benzene rings is 1. The van der Waals surface area contributed by atoms with Crippen molar-refractivity contribution in [3.63, 3.8) is 0 Å². The summed E-state index contributed by atoms with van der Waals surface area (Å²) >= 11 is 3.55. The van der Waals surface area contributed by atoms with Crippen LogP contribution in [0.5, 0.6) is 5.75 Å². The van der Waals surface area contributed by atoms with Gasteiger partial charge in [-0.25, -0.2) is 0 Å². The van der Waals surface area contributed by atoms with E-state index < -0.39 is 0 Å². The number of ether oxygens (including phenoxy) is 1. The zero-order valence-electron chi connectivity index (χ0n) is 12.9. The van der Waals surface area contributed by atoms with E-state index >= 15 is 0 Å². The predicted octanol–water partition coefficient (Wildman–Crippen LogP) is 4.10. The van der Waals surface area contributed by atoms with Crippen molar-refractivity contribution in [1.82, 2.24) is 5.32 Å². The molecule has 116 valence electrons. The van der Waals surface area contributed by atoms with Gasteiger partial charge in [0.1, 0.15) is 5.75 Å². The lowest BCUT2D eigenvalue weighted by Crippen LogP contribution is -2.38. The minimum atomic E-state index is 0.564. The molecule has 4 heteroatoms. The Hall–Kier alpha value is -0.740. The highest BCUT2D eigenvalue weighted by molar-refractivity contribution is 9.10. The average molecular weight is 353 g/mol. The summed E-state index contributed by atoms with van der Waals surface area (Å²) in [5, 5.41) is 7.48. The van der Waals surface area contributed by atoms with Crippen LogP contribution in [0.15, 0.2) is 16.6 Å². The van der Waals surface area contributed by atoms with Crippen molar-refractivity contribution >= 4 is 21.6 Å². The van der Waals surface area contributed by atoms with Crippen molar-refractivity contribution in [2.24, 2.45) is 5.92 Å². The molecule has 0 amide bonds. The Kier molecular flexibility index (Phi) is 4.75. The first-order chi connectivity index (χ1) is 10.2. The van der Waals surface area contributed by atoms with Gasteiger partial charge in [0.25, 0.3) is 0 Å². The van der Waals surface area contributed by atoms with E-state index in [0.29, 0.717) is 12.1 Å². The quantitative estimate of drug-likeness (QED) is 0.855.